The molecule has 10 nitrogen and oxygen atoms in total. The van der Waals surface area contributed by atoms with E-state index in [1.165, 1.54) is 6.07 Å². The molecule has 0 heterocycles. The van der Waals surface area contributed by atoms with E-state index in [-0.39, 0.29) is 28.1 Å². The van der Waals surface area contributed by atoms with Crippen LogP contribution in [0, 0.1) is 0 Å². The van der Waals surface area contributed by atoms with Gasteiger partial charge >= 0.3 is 23.9 Å². The molecule has 0 amide bonds. The van der Waals surface area contributed by atoms with Gasteiger partial charge in [0, 0.05) is 0 Å². The van der Waals surface area contributed by atoms with Gasteiger partial charge < -0.3 is 31.5 Å². The molecule has 0 fully saturated rings. The molecule has 1 rings (SSSR count). The summed E-state index contributed by atoms with van der Waals surface area (Å²) in [6.07, 6.45) is -1.78. The van der Waals surface area contributed by atoms with Crippen molar-refractivity contribution >= 4 is 35.3 Å². The molecule has 0 atom stereocenters. The second-order valence-electron chi connectivity index (χ2n) is 4.91. The van der Waals surface area contributed by atoms with Gasteiger partial charge in [0.15, 0.2) is 0 Å². The minimum Gasteiger partial charge on any atom is -0.481 e. The van der Waals surface area contributed by atoms with Crippen molar-refractivity contribution in [3.05, 3.63) is 22.8 Å². The highest BCUT2D eigenvalue weighted by atomic mass is 16.4. The number of aliphatic carboxylic acids is 4. The lowest BCUT2D eigenvalue weighted by Crippen LogP contribution is -2.19. The standard InChI is InChI=1S/C14H16N2O8/c15-14-8(4-12(21)22)7(3-11(19)20)6(2-10(17)18)1-9(14)16-5-13(23)24/h1,16H,2-5,15H2,(H,17,18)(H,19,20)(H,21,22)(H,23,24). The van der Waals surface area contributed by atoms with Gasteiger partial charge in [0.25, 0.3) is 0 Å². The zero-order valence-electron chi connectivity index (χ0n) is 12.4. The lowest BCUT2D eigenvalue weighted by Gasteiger charge is -2.18. The average molecular weight is 340 g/mol. The van der Waals surface area contributed by atoms with Crippen LogP contribution in [0.25, 0.3) is 0 Å². The summed E-state index contributed by atoms with van der Waals surface area (Å²) in [5.41, 5.74) is 5.77. The first-order valence-corrected chi connectivity index (χ1v) is 6.66. The Hall–Kier alpha value is -3.30. The maximum Gasteiger partial charge on any atom is 0.322 e. The van der Waals surface area contributed by atoms with Crippen molar-refractivity contribution < 1.29 is 39.6 Å². The summed E-state index contributed by atoms with van der Waals surface area (Å²) < 4.78 is 0. The summed E-state index contributed by atoms with van der Waals surface area (Å²) in [4.78, 5) is 43.7. The van der Waals surface area contributed by atoms with E-state index in [0.29, 0.717) is 0 Å². The van der Waals surface area contributed by atoms with Crippen molar-refractivity contribution in [2.75, 3.05) is 17.6 Å². The van der Waals surface area contributed by atoms with E-state index in [1.807, 2.05) is 0 Å². The normalized spacial score (nSPS) is 10.2. The lowest BCUT2D eigenvalue weighted by molar-refractivity contribution is -0.137. The molecule has 10 heteroatoms. The number of hydrogen-bond donors (Lipinski definition) is 6. The Labute approximate surface area is 135 Å². The highest BCUT2D eigenvalue weighted by Crippen LogP contribution is 2.31. The topological polar surface area (TPSA) is 187 Å². The Balaban J connectivity index is 3.53. The summed E-state index contributed by atoms with van der Waals surface area (Å²) in [7, 11) is 0. The zero-order valence-corrected chi connectivity index (χ0v) is 12.4. The molecule has 1 aromatic rings. The number of nitrogen functional groups attached to an aromatic ring is 1. The second kappa shape index (κ2) is 7.81. The molecular weight excluding hydrogens is 324 g/mol. The van der Waals surface area contributed by atoms with Crippen LogP contribution in [0.2, 0.25) is 0 Å². The molecule has 0 unspecified atom stereocenters. The minimum atomic E-state index is -1.29. The van der Waals surface area contributed by atoms with Crippen LogP contribution >= 0.6 is 0 Å². The third kappa shape index (κ3) is 5.16. The second-order valence-corrected chi connectivity index (χ2v) is 4.91. The zero-order chi connectivity index (χ0) is 18.4. The van der Waals surface area contributed by atoms with Gasteiger partial charge in [0.05, 0.1) is 30.6 Å². The first-order chi connectivity index (χ1) is 11.1. The molecule has 0 bridgehead atoms. The lowest BCUT2D eigenvalue weighted by atomic mass is 9.91. The third-order valence-corrected chi connectivity index (χ3v) is 3.11. The van der Waals surface area contributed by atoms with Gasteiger partial charge in [-0.3, -0.25) is 19.2 Å². The van der Waals surface area contributed by atoms with Crippen LogP contribution in [0.15, 0.2) is 6.07 Å². The fraction of sp³-hybridized carbons (Fsp3) is 0.286. The molecule has 1 aromatic carbocycles. The Kier molecular flexibility index (Phi) is 6.10. The Bertz CT molecular complexity index is 699. The number of hydrogen-bond acceptors (Lipinski definition) is 6. The predicted molar refractivity (Wildman–Crippen MR) is 81.0 cm³/mol. The smallest absolute Gasteiger partial charge is 0.322 e. The van der Waals surface area contributed by atoms with E-state index in [2.05, 4.69) is 5.32 Å². The number of rotatable bonds is 9. The maximum absolute atomic E-state index is 11.0. The summed E-state index contributed by atoms with van der Waals surface area (Å²) in [5.74, 6) is -5.02. The van der Waals surface area contributed by atoms with Gasteiger partial charge in [-0.15, -0.1) is 0 Å². The summed E-state index contributed by atoms with van der Waals surface area (Å²) in [6.45, 7) is -0.526. The Morgan fingerprint density at radius 1 is 0.833 bits per heavy atom. The number of carboxylic acid groups (broad SMARTS) is 4. The van der Waals surface area contributed by atoms with Crippen LogP contribution in [0.1, 0.15) is 16.7 Å². The number of benzene rings is 1. The quantitative estimate of drug-likeness (QED) is 0.324. The highest BCUT2D eigenvalue weighted by molar-refractivity contribution is 5.85. The molecule has 130 valence electrons. The van der Waals surface area contributed by atoms with Crippen LogP contribution in [-0.4, -0.2) is 50.8 Å². The van der Waals surface area contributed by atoms with E-state index in [9.17, 15) is 19.2 Å². The maximum atomic E-state index is 11.0. The van der Waals surface area contributed by atoms with Crippen LogP contribution in [-0.2, 0) is 38.4 Å². The molecule has 0 radical (unpaired) electrons. The van der Waals surface area contributed by atoms with Crippen LogP contribution < -0.4 is 11.1 Å². The minimum absolute atomic E-state index is 0.00525. The molecule has 0 spiro atoms. The summed E-state index contributed by atoms with van der Waals surface area (Å²) in [5, 5.41) is 38.1. The van der Waals surface area contributed by atoms with Crippen molar-refractivity contribution in [2.45, 2.75) is 19.3 Å². The average Bonchev–Trinajstić information content (AvgIpc) is 2.42. The molecule has 0 aliphatic heterocycles. The monoisotopic (exact) mass is 340 g/mol. The third-order valence-electron chi connectivity index (χ3n) is 3.11. The summed E-state index contributed by atoms with van der Waals surface area (Å²) >= 11 is 0. The predicted octanol–water partition coefficient (Wildman–Crippen LogP) is -0.353. The van der Waals surface area contributed by atoms with Crippen molar-refractivity contribution in [3.8, 4) is 0 Å². The van der Waals surface area contributed by atoms with E-state index in [0.717, 1.165) is 0 Å². The number of carboxylic acids is 4. The number of nitrogens with two attached hydrogens (primary N) is 1. The number of anilines is 2. The molecule has 0 aliphatic carbocycles. The first kappa shape index (κ1) is 18.7. The molecule has 0 aromatic heterocycles. The molecule has 0 aliphatic rings. The molecule has 0 saturated carbocycles. The van der Waals surface area contributed by atoms with Gasteiger partial charge in [0.2, 0.25) is 0 Å². The summed E-state index contributed by atoms with van der Waals surface area (Å²) in [6, 6.07) is 1.23. The molecule has 24 heavy (non-hydrogen) atoms. The van der Waals surface area contributed by atoms with E-state index in [4.69, 9.17) is 26.2 Å². The Morgan fingerprint density at radius 2 is 1.33 bits per heavy atom. The van der Waals surface area contributed by atoms with Gasteiger partial charge in [-0.1, -0.05) is 0 Å². The van der Waals surface area contributed by atoms with Gasteiger partial charge in [-0.05, 0) is 22.8 Å². The van der Waals surface area contributed by atoms with Crippen molar-refractivity contribution in [1.29, 1.82) is 0 Å². The van der Waals surface area contributed by atoms with E-state index < -0.39 is 49.7 Å². The van der Waals surface area contributed by atoms with E-state index in [1.54, 1.807) is 0 Å². The van der Waals surface area contributed by atoms with Gasteiger partial charge in [-0.25, -0.2) is 0 Å². The highest BCUT2D eigenvalue weighted by Gasteiger charge is 2.21. The molecule has 0 saturated heterocycles. The largest absolute Gasteiger partial charge is 0.481 e. The Morgan fingerprint density at radius 3 is 1.79 bits per heavy atom. The van der Waals surface area contributed by atoms with Crippen molar-refractivity contribution in [2.24, 2.45) is 0 Å². The van der Waals surface area contributed by atoms with Crippen molar-refractivity contribution in [3.63, 3.8) is 0 Å². The van der Waals surface area contributed by atoms with Gasteiger partial charge in [-0.2, -0.15) is 0 Å². The fourth-order valence-corrected chi connectivity index (χ4v) is 2.22. The SMILES string of the molecule is Nc1c(NCC(=O)O)cc(CC(=O)O)c(CC(=O)O)c1CC(=O)O. The molecule has 7 N–H and O–H groups in total. The van der Waals surface area contributed by atoms with Crippen LogP contribution in [0.3, 0.4) is 0 Å². The van der Waals surface area contributed by atoms with Crippen molar-refractivity contribution in [1.82, 2.24) is 0 Å². The molecular formula is C14H16N2O8. The van der Waals surface area contributed by atoms with Crippen LogP contribution in [0.4, 0.5) is 11.4 Å². The van der Waals surface area contributed by atoms with Gasteiger partial charge in [0.1, 0.15) is 6.54 Å². The number of carbonyl (C=O) groups is 4. The number of nitrogens with one attached hydrogen (secondary N) is 1. The van der Waals surface area contributed by atoms with E-state index >= 15 is 0 Å². The first-order valence-electron chi connectivity index (χ1n) is 6.66. The fourth-order valence-electron chi connectivity index (χ4n) is 2.22. The van der Waals surface area contributed by atoms with Crippen LogP contribution in [0.5, 0.6) is 0 Å².